The van der Waals surface area contributed by atoms with Crippen LogP contribution >= 0.6 is 0 Å². The fourth-order valence-corrected chi connectivity index (χ4v) is 4.51. The van der Waals surface area contributed by atoms with E-state index in [1.54, 1.807) is 0 Å². The van der Waals surface area contributed by atoms with Gasteiger partial charge in [-0.1, -0.05) is 69.9 Å². The molecule has 3 rings (SSSR count). The summed E-state index contributed by atoms with van der Waals surface area (Å²) in [7, 11) is 0. The van der Waals surface area contributed by atoms with Gasteiger partial charge < -0.3 is 4.74 Å². The van der Waals surface area contributed by atoms with E-state index >= 15 is 0 Å². The number of hydrogen-bond acceptors (Lipinski definition) is 2. The van der Waals surface area contributed by atoms with Crippen LogP contribution in [0.4, 0.5) is 0 Å². The van der Waals surface area contributed by atoms with Crippen molar-refractivity contribution in [2.24, 2.45) is 5.92 Å². The highest BCUT2D eigenvalue weighted by Gasteiger charge is 2.22. The summed E-state index contributed by atoms with van der Waals surface area (Å²) < 4.78 is 5.98. The van der Waals surface area contributed by atoms with Gasteiger partial charge in [-0.05, 0) is 72.8 Å². The number of hydrogen-bond donors (Lipinski definition) is 0. The lowest BCUT2D eigenvalue weighted by Crippen LogP contribution is -2.13. The second kappa shape index (κ2) is 11.1. The minimum absolute atomic E-state index is 0.501. The molecule has 0 heterocycles. The first-order valence-corrected chi connectivity index (χ1v) is 11.5. The van der Waals surface area contributed by atoms with Crippen LogP contribution in [0.5, 0.6) is 5.75 Å². The molecule has 0 aromatic heterocycles. The van der Waals surface area contributed by atoms with Gasteiger partial charge in [0.1, 0.15) is 18.4 Å². The quantitative estimate of drug-likeness (QED) is 0.415. The molecule has 2 nitrogen and oxygen atoms in total. The van der Waals surface area contributed by atoms with E-state index in [-0.39, 0.29) is 0 Å². The van der Waals surface area contributed by atoms with Crippen LogP contribution in [-0.4, -0.2) is 0 Å². The number of nitriles is 1. The van der Waals surface area contributed by atoms with Crippen LogP contribution in [0.3, 0.4) is 0 Å². The van der Waals surface area contributed by atoms with Gasteiger partial charge in [-0.2, -0.15) is 5.26 Å². The van der Waals surface area contributed by atoms with Crippen molar-refractivity contribution in [2.75, 3.05) is 0 Å². The summed E-state index contributed by atoms with van der Waals surface area (Å²) in [6.07, 6.45) is 11.7. The summed E-state index contributed by atoms with van der Waals surface area (Å²) in [5, 5.41) is 9.64. The second-order valence-electron chi connectivity index (χ2n) is 8.54. The third-order valence-corrected chi connectivity index (χ3v) is 6.48. The molecular formula is C27H35NO. The fraction of sp³-hybridized carbons (Fsp3) is 0.519. The summed E-state index contributed by atoms with van der Waals surface area (Å²) in [5.41, 5.74) is 4.44. The molecule has 29 heavy (non-hydrogen) atoms. The average molecular weight is 390 g/mol. The number of rotatable bonds is 9. The first kappa shape index (κ1) is 21.4. The molecule has 0 spiro atoms. The van der Waals surface area contributed by atoms with Crippen molar-refractivity contribution in [3.63, 3.8) is 0 Å². The maximum atomic E-state index is 9.64. The molecule has 0 bridgehead atoms. The molecule has 2 aromatic rings. The van der Waals surface area contributed by atoms with Gasteiger partial charge in [-0.25, -0.2) is 0 Å². The molecule has 0 amide bonds. The first-order chi connectivity index (χ1) is 14.2. The van der Waals surface area contributed by atoms with Gasteiger partial charge in [0, 0.05) is 0 Å². The highest BCUT2D eigenvalue weighted by atomic mass is 16.5. The predicted molar refractivity (Wildman–Crippen MR) is 120 cm³/mol. The zero-order valence-electron chi connectivity index (χ0n) is 18.1. The predicted octanol–water partition coefficient (Wildman–Crippen LogP) is 7.55. The minimum Gasteiger partial charge on any atom is -0.488 e. The fourth-order valence-electron chi connectivity index (χ4n) is 4.51. The molecule has 154 valence electrons. The van der Waals surface area contributed by atoms with Crippen molar-refractivity contribution in [3.8, 4) is 11.8 Å². The van der Waals surface area contributed by atoms with Gasteiger partial charge >= 0.3 is 0 Å². The molecule has 0 saturated heterocycles. The average Bonchev–Trinajstić information content (AvgIpc) is 2.78. The molecule has 2 heteroatoms. The summed E-state index contributed by atoms with van der Waals surface area (Å²) in [5.74, 6) is 2.21. The standard InChI is InChI=1S/C27H35NO/c1-3-5-6-7-22-12-14-24(15-13-22)25-16-17-27(26(18-25)19-28)29-20-23-10-8-21(4-2)9-11-23/h8-11,16-18,22,24H,3-7,12-15,20H2,1-2H3/t22-,24-. The zero-order valence-corrected chi connectivity index (χ0v) is 18.1. The smallest absolute Gasteiger partial charge is 0.137 e. The van der Waals surface area contributed by atoms with Gasteiger partial charge in [0.15, 0.2) is 0 Å². The molecule has 2 aromatic carbocycles. The van der Waals surface area contributed by atoms with Crippen molar-refractivity contribution < 1.29 is 4.74 Å². The second-order valence-corrected chi connectivity index (χ2v) is 8.54. The molecule has 0 aliphatic heterocycles. The monoisotopic (exact) mass is 389 g/mol. The van der Waals surface area contributed by atoms with Crippen molar-refractivity contribution >= 4 is 0 Å². The highest BCUT2D eigenvalue weighted by Crippen LogP contribution is 2.38. The molecule has 1 aliphatic rings. The Balaban J connectivity index is 1.56. The Kier molecular flexibility index (Phi) is 8.17. The van der Waals surface area contributed by atoms with Crippen LogP contribution in [0.1, 0.15) is 93.4 Å². The Morgan fingerprint density at radius 1 is 0.931 bits per heavy atom. The summed E-state index contributed by atoms with van der Waals surface area (Å²) in [6, 6.07) is 17.1. The molecule has 1 aliphatic carbocycles. The Morgan fingerprint density at radius 3 is 2.31 bits per heavy atom. The summed E-state index contributed by atoms with van der Waals surface area (Å²) in [6.45, 7) is 4.94. The van der Waals surface area contributed by atoms with Gasteiger partial charge in [-0.15, -0.1) is 0 Å². The van der Waals surface area contributed by atoms with E-state index in [1.807, 2.05) is 6.07 Å². The van der Waals surface area contributed by atoms with Crippen molar-refractivity contribution in [1.29, 1.82) is 5.26 Å². The van der Waals surface area contributed by atoms with Crippen LogP contribution in [-0.2, 0) is 13.0 Å². The number of aryl methyl sites for hydroxylation is 1. The molecule has 0 unspecified atom stereocenters. The Morgan fingerprint density at radius 2 is 1.66 bits per heavy atom. The highest BCUT2D eigenvalue weighted by molar-refractivity contribution is 5.46. The minimum atomic E-state index is 0.501. The number of ether oxygens (including phenoxy) is 1. The van der Waals surface area contributed by atoms with Crippen LogP contribution in [0, 0.1) is 17.2 Å². The normalized spacial score (nSPS) is 18.9. The first-order valence-electron chi connectivity index (χ1n) is 11.5. The Labute approximate surface area is 176 Å². The van der Waals surface area contributed by atoms with Crippen LogP contribution in [0.15, 0.2) is 42.5 Å². The zero-order chi connectivity index (χ0) is 20.5. The lowest BCUT2D eigenvalue weighted by atomic mass is 9.77. The van der Waals surface area contributed by atoms with Crippen molar-refractivity contribution in [3.05, 3.63) is 64.7 Å². The number of benzene rings is 2. The summed E-state index contributed by atoms with van der Waals surface area (Å²) in [4.78, 5) is 0. The van der Waals surface area contributed by atoms with Crippen LogP contribution < -0.4 is 4.74 Å². The summed E-state index contributed by atoms with van der Waals surface area (Å²) >= 11 is 0. The molecular weight excluding hydrogens is 354 g/mol. The Hall–Kier alpha value is -2.27. The largest absolute Gasteiger partial charge is 0.488 e. The van der Waals surface area contributed by atoms with E-state index in [0.717, 1.165) is 17.9 Å². The van der Waals surface area contributed by atoms with E-state index in [4.69, 9.17) is 4.74 Å². The van der Waals surface area contributed by atoms with Crippen LogP contribution in [0.2, 0.25) is 0 Å². The van der Waals surface area contributed by atoms with Crippen LogP contribution in [0.25, 0.3) is 0 Å². The topological polar surface area (TPSA) is 33.0 Å². The maximum absolute atomic E-state index is 9.64. The molecule has 0 radical (unpaired) electrons. The number of nitrogens with zero attached hydrogens (tertiary/aromatic N) is 1. The van der Waals surface area contributed by atoms with E-state index in [9.17, 15) is 5.26 Å². The molecule has 1 saturated carbocycles. The molecule has 0 N–H and O–H groups in total. The van der Waals surface area contributed by atoms with Crippen molar-refractivity contribution in [2.45, 2.75) is 84.2 Å². The maximum Gasteiger partial charge on any atom is 0.137 e. The lowest BCUT2D eigenvalue weighted by molar-refractivity contribution is 0.299. The third-order valence-electron chi connectivity index (χ3n) is 6.48. The van der Waals surface area contributed by atoms with E-state index < -0.39 is 0 Å². The van der Waals surface area contributed by atoms with E-state index in [2.05, 4.69) is 56.3 Å². The van der Waals surface area contributed by atoms with Gasteiger partial charge in [0.25, 0.3) is 0 Å². The van der Waals surface area contributed by atoms with Gasteiger partial charge in [0.05, 0.1) is 5.56 Å². The van der Waals surface area contributed by atoms with E-state index in [0.29, 0.717) is 23.8 Å². The third kappa shape index (κ3) is 6.10. The molecule has 0 atom stereocenters. The van der Waals surface area contributed by atoms with Gasteiger partial charge in [-0.3, -0.25) is 0 Å². The van der Waals surface area contributed by atoms with Gasteiger partial charge in [0.2, 0.25) is 0 Å². The lowest BCUT2D eigenvalue weighted by Gasteiger charge is -2.29. The molecule has 1 fully saturated rings. The Bertz CT molecular complexity index is 794. The number of unbranched alkanes of at least 4 members (excludes halogenated alkanes) is 2. The SMILES string of the molecule is CCCCC[C@H]1CC[C@H](c2ccc(OCc3ccc(CC)cc3)c(C#N)c2)CC1. The van der Waals surface area contributed by atoms with Crippen molar-refractivity contribution in [1.82, 2.24) is 0 Å². The van der Waals surface area contributed by atoms with E-state index in [1.165, 1.54) is 62.5 Å².